The number of phenols is 1. The van der Waals surface area contributed by atoms with Gasteiger partial charge >= 0.3 is 0 Å². The van der Waals surface area contributed by atoms with Crippen molar-refractivity contribution >= 4 is 10.1 Å². The molecule has 152 valence electrons. The molecule has 2 aliphatic rings. The lowest BCUT2D eigenvalue weighted by molar-refractivity contribution is 0.339. The van der Waals surface area contributed by atoms with Crippen LogP contribution in [0.25, 0.3) is 11.1 Å². The van der Waals surface area contributed by atoms with Crippen LogP contribution in [0, 0.1) is 0 Å². The van der Waals surface area contributed by atoms with Crippen molar-refractivity contribution in [1.29, 1.82) is 0 Å². The Morgan fingerprint density at radius 1 is 1.25 bits per heavy atom. The van der Waals surface area contributed by atoms with Gasteiger partial charge in [-0.05, 0) is 66.8 Å². The molecule has 0 bridgehead atoms. The lowest BCUT2D eigenvalue weighted by atomic mass is 9.77. The molecule has 2 aromatic rings. The number of nitrogens with one attached hydrogen (secondary N) is 1. The summed E-state index contributed by atoms with van der Waals surface area (Å²) in [5.41, 5.74) is 5.73. The molecule has 1 aliphatic carbocycles. The predicted octanol–water partition coefficient (Wildman–Crippen LogP) is 2.71. The molecule has 0 saturated heterocycles. The minimum atomic E-state index is -3.67. The van der Waals surface area contributed by atoms with E-state index < -0.39 is 10.1 Å². The van der Waals surface area contributed by atoms with Crippen molar-refractivity contribution in [1.82, 2.24) is 5.32 Å². The van der Waals surface area contributed by atoms with Gasteiger partial charge in [0, 0.05) is 11.6 Å². The van der Waals surface area contributed by atoms with Crippen LogP contribution in [-0.2, 0) is 23.0 Å². The van der Waals surface area contributed by atoms with Gasteiger partial charge in [0.1, 0.15) is 5.75 Å². The first-order valence-corrected chi connectivity index (χ1v) is 10.9. The van der Waals surface area contributed by atoms with Crippen molar-refractivity contribution in [2.24, 2.45) is 0 Å². The third-order valence-corrected chi connectivity index (χ3v) is 4.82. The summed E-state index contributed by atoms with van der Waals surface area (Å²) in [6, 6.07) is 8.41. The molecule has 28 heavy (non-hydrogen) atoms. The molecule has 0 aromatic heterocycles. The number of hydrogen-bond donors (Lipinski definition) is 3. The number of methoxy groups -OCH3 is 1. The highest BCUT2D eigenvalue weighted by Crippen LogP contribution is 2.49. The standard InChI is InChI=1S/C19H21NO3.CH4O3S/c1-3-23-13-8-12-6-7-20-15-9-11-4-5-16(22-2)19(21)18(11)14(10-13)17(12)15;1-5(2,3)4/h4-5,8,10,15,20-21H,3,6-7,9H2,1-2H3;1H3,(H,2,3,4)/t15-;/m1./s1. The van der Waals surface area contributed by atoms with E-state index in [1.54, 1.807) is 7.11 Å². The summed E-state index contributed by atoms with van der Waals surface area (Å²) < 4.78 is 36.9. The van der Waals surface area contributed by atoms with Gasteiger partial charge < -0.3 is 19.9 Å². The first kappa shape index (κ1) is 20.4. The van der Waals surface area contributed by atoms with Crippen LogP contribution in [0.3, 0.4) is 0 Å². The third-order valence-electron chi connectivity index (χ3n) is 4.82. The Morgan fingerprint density at radius 2 is 1.96 bits per heavy atom. The van der Waals surface area contributed by atoms with Crippen LogP contribution in [0.15, 0.2) is 24.3 Å². The molecular formula is C20H25NO6S. The molecule has 7 nitrogen and oxygen atoms in total. The van der Waals surface area contributed by atoms with Gasteiger partial charge in [-0.3, -0.25) is 4.55 Å². The average molecular weight is 407 g/mol. The zero-order valence-corrected chi connectivity index (χ0v) is 17.0. The fraction of sp³-hybridized carbons (Fsp3) is 0.400. The molecule has 8 heteroatoms. The highest BCUT2D eigenvalue weighted by atomic mass is 32.2. The van der Waals surface area contributed by atoms with Gasteiger partial charge in [-0.1, -0.05) is 6.07 Å². The molecule has 2 aromatic carbocycles. The van der Waals surface area contributed by atoms with Crippen molar-refractivity contribution in [2.45, 2.75) is 25.8 Å². The molecule has 0 fully saturated rings. The SMILES string of the molecule is CCOc1cc2c3c(c1)-c1c(ccc(OC)c1O)C[C@H]3NCC2.CS(=O)(=O)O. The Morgan fingerprint density at radius 3 is 2.61 bits per heavy atom. The van der Waals surface area contributed by atoms with Gasteiger partial charge in [-0.25, -0.2) is 0 Å². The quantitative estimate of drug-likeness (QED) is 0.672. The van der Waals surface area contributed by atoms with E-state index in [0.29, 0.717) is 24.7 Å². The van der Waals surface area contributed by atoms with Crippen molar-refractivity contribution in [3.8, 4) is 28.4 Å². The third kappa shape index (κ3) is 4.24. The first-order valence-electron chi connectivity index (χ1n) is 9.07. The van der Waals surface area contributed by atoms with Gasteiger partial charge in [0.15, 0.2) is 11.5 Å². The number of rotatable bonds is 3. The fourth-order valence-electron chi connectivity index (χ4n) is 3.89. The van der Waals surface area contributed by atoms with Crippen molar-refractivity contribution in [3.63, 3.8) is 0 Å². The monoisotopic (exact) mass is 407 g/mol. The number of ether oxygens (including phenoxy) is 2. The van der Waals surface area contributed by atoms with Crippen LogP contribution in [-0.4, -0.2) is 44.6 Å². The summed E-state index contributed by atoms with van der Waals surface area (Å²) in [7, 11) is -2.08. The van der Waals surface area contributed by atoms with Gasteiger partial charge in [0.25, 0.3) is 10.1 Å². The van der Waals surface area contributed by atoms with E-state index in [4.69, 9.17) is 14.0 Å². The summed E-state index contributed by atoms with van der Waals surface area (Å²) in [5.74, 6) is 1.61. The highest BCUT2D eigenvalue weighted by molar-refractivity contribution is 7.85. The minimum Gasteiger partial charge on any atom is -0.504 e. The number of hydrogen-bond acceptors (Lipinski definition) is 6. The van der Waals surface area contributed by atoms with Crippen LogP contribution in [0.4, 0.5) is 0 Å². The molecule has 1 aliphatic heterocycles. The number of aromatic hydroxyl groups is 1. The van der Waals surface area contributed by atoms with Gasteiger partial charge in [0.2, 0.25) is 0 Å². The predicted molar refractivity (Wildman–Crippen MR) is 107 cm³/mol. The molecule has 1 heterocycles. The van der Waals surface area contributed by atoms with Crippen LogP contribution in [0.5, 0.6) is 17.2 Å². The Kier molecular flexibility index (Phi) is 5.83. The van der Waals surface area contributed by atoms with Crippen LogP contribution < -0.4 is 14.8 Å². The van der Waals surface area contributed by atoms with E-state index in [1.165, 1.54) is 11.1 Å². The largest absolute Gasteiger partial charge is 0.504 e. The zero-order valence-electron chi connectivity index (χ0n) is 16.2. The number of fused-ring (bicyclic) bond motifs is 2. The maximum Gasteiger partial charge on any atom is 0.261 e. The van der Waals surface area contributed by atoms with Crippen LogP contribution >= 0.6 is 0 Å². The van der Waals surface area contributed by atoms with E-state index in [9.17, 15) is 13.5 Å². The smallest absolute Gasteiger partial charge is 0.261 e. The van der Waals surface area contributed by atoms with E-state index >= 15 is 0 Å². The molecule has 3 N–H and O–H groups in total. The topological polar surface area (TPSA) is 105 Å². The minimum absolute atomic E-state index is 0.227. The Hall–Kier alpha value is -2.29. The Bertz CT molecular complexity index is 979. The molecular weight excluding hydrogens is 382 g/mol. The van der Waals surface area contributed by atoms with Crippen molar-refractivity contribution in [3.05, 3.63) is 41.0 Å². The van der Waals surface area contributed by atoms with E-state index in [-0.39, 0.29) is 5.75 Å². The molecule has 0 spiro atoms. The molecule has 1 atom stereocenters. The second-order valence-corrected chi connectivity index (χ2v) is 8.29. The molecule has 0 amide bonds. The van der Waals surface area contributed by atoms with E-state index in [2.05, 4.69) is 23.5 Å². The summed E-state index contributed by atoms with van der Waals surface area (Å²) in [6.45, 7) is 3.60. The Labute approximate surface area is 165 Å². The van der Waals surface area contributed by atoms with Gasteiger partial charge in [-0.2, -0.15) is 8.42 Å². The number of phenolic OH excluding ortho intramolecular Hbond substituents is 1. The second kappa shape index (κ2) is 7.98. The lowest BCUT2D eigenvalue weighted by Gasteiger charge is -2.35. The summed E-state index contributed by atoms with van der Waals surface area (Å²) in [5, 5.41) is 14.3. The average Bonchev–Trinajstić information content (AvgIpc) is 2.61. The Balaban J connectivity index is 0.000000403. The van der Waals surface area contributed by atoms with E-state index in [1.807, 2.05) is 13.0 Å². The summed E-state index contributed by atoms with van der Waals surface area (Å²) in [6.07, 6.45) is 2.59. The lowest BCUT2D eigenvalue weighted by Crippen LogP contribution is -2.33. The maximum atomic E-state index is 10.7. The van der Waals surface area contributed by atoms with Gasteiger partial charge in [-0.15, -0.1) is 0 Å². The molecule has 0 saturated carbocycles. The van der Waals surface area contributed by atoms with Gasteiger partial charge in [0.05, 0.1) is 20.0 Å². The summed E-state index contributed by atoms with van der Waals surface area (Å²) >= 11 is 0. The first-order chi connectivity index (χ1) is 13.2. The second-order valence-electron chi connectivity index (χ2n) is 6.82. The maximum absolute atomic E-state index is 10.7. The van der Waals surface area contributed by atoms with Crippen LogP contribution in [0.1, 0.15) is 29.7 Å². The van der Waals surface area contributed by atoms with Crippen LogP contribution in [0.2, 0.25) is 0 Å². The molecule has 4 rings (SSSR count). The number of benzene rings is 2. The summed E-state index contributed by atoms with van der Waals surface area (Å²) in [4.78, 5) is 0. The highest BCUT2D eigenvalue weighted by Gasteiger charge is 2.32. The molecule has 0 unspecified atom stereocenters. The normalized spacial score (nSPS) is 16.9. The van der Waals surface area contributed by atoms with Crippen molar-refractivity contribution < 1.29 is 27.6 Å². The van der Waals surface area contributed by atoms with Crippen molar-refractivity contribution in [2.75, 3.05) is 26.5 Å². The molecule has 0 radical (unpaired) electrons. The van der Waals surface area contributed by atoms with E-state index in [0.717, 1.165) is 41.8 Å². The fourth-order valence-corrected chi connectivity index (χ4v) is 3.89. The zero-order chi connectivity index (χ0) is 20.5.